The van der Waals surface area contributed by atoms with Gasteiger partial charge in [-0.1, -0.05) is 18.1 Å². The second kappa shape index (κ2) is 8.88. The molecule has 6 nitrogen and oxygen atoms in total. The summed E-state index contributed by atoms with van der Waals surface area (Å²) in [6, 6.07) is 11.5. The summed E-state index contributed by atoms with van der Waals surface area (Å²) in [4.78, 5) is 10.4. The van der Waals surface area contributed by atoms with Crippen LogP contribution in [0, 0.1) is 37.4 Å². The first-order valence-corrected chi connectivity index (χ1v) is 8.38. The normalized spacial score (nSPS) is 10.5. The van der Waals surface area contributed by atoms with Crippen molar-refractivity contribution in [2.24, 2.45) is 0 Å². The number of non-ortho nitro benzene ring substituents is 1. The number of allylic oxidation sites excluding steroid dienone is 1. The van der Waals surface area contributed by atoms with Crippen molar-refractivity contribution in [2.45, 2.75) is 0 Å². The van der Waals surface area contributed by atoms with Crippen molar-refractivity contribution in [3.63, 3.8) is 0 Å². The van der Waals surface area contributed by atoms with E-state index in [2.05, 4.69) is 34.6 Å². The number of rotatable bonds is 6. The van der Waals surface area contributed by atoms with Crippen LogP contribution < -0.4 is 9.47 Å². The van der Waals surface area contributed by atoms with Gasteiger partial charge in [0.1, 0.15) is 6.61 Å². The molecule has 0 fully saturated rings. The minimum atomic E-state index is -0.498. The van der Waals surface area contributed by atoms with Gasteiger partial charge in [0.05, 0.1) is 27.2 Å². The molecule has 0 N–H and O–H groups in total. The zero-order chi connectivity index (χ0) is 19.1. The standard InChI is InChI=1S/C19H13IN2O4/c1-3-7-26-19-17(20)9-13(10-18(19)25-2)8-15(12-21)14-5-4-6-16(11-14)22(23)24/h1,4-6,8-11H,7H2,2H3/b15-8-. The number of nitro benzene ring substituents is 1. The number of hydrogen-bond acceptors (Lipinski definition) is 5. The van der Waals surface area contributed by atoms with Gasteiger partial charge in [-0.15, -0.1) is 6.42 Å². The van der Waals surface area contributed by atoms with Crippen molar-refractivity contribution < 1.29 is 14.4 Å². The molecule has 0 bridgehead atoms. The number of nitrogens with zero attached hydrogens (tertiary/aromatic N) is 2. The minimum absolute atomic E-state index is 0.0751. The number of terminal acetylenes is 1. The highest BCUT2D eigenvalue weighted by atomic mass is 127. The monoisotopic (exact) mass is 460 g/mol. The van der Waals surface area contributed by atoms with Gasteiger partial charge >= 0.3 is 0 Å². The number of methoxy groups -OCH3 is 1. The SMILES string of the molecule is C#CCOc1c(I)cc(/C=C(/C#N)c2cccc([N+](=O)[O-])c2)cc1OC. The third-order valence-corrected chi connectivity index (χ3v) is 4.15. The second-order valence-corrected chi connectivity index (χ2v) is 6.17. The van der Waals surface area contributed by atoms with Crippen LogP contribution in [0.2, 0.25) is 0 Å². The number of nitro groups is 1. The zero-order valence-corrected chi connectivity index (χ0v) is 15.9. The van der Waals surface area contributed by atoms with Gasteiger partial charge < -0.3 is 9.47 Å². The molecule has 0 spiro atoms. The first kappa shape index (κ1) is 19.3. The number of hydrogen-bond donors (Lipinski definition) is 0. The largest absolute Gasteiger partial charge is 0.493 e. The Morgan fingerprint density at radius 1 is 1.42 bits per heavy atom. The molecule has 2 rings (SSSR count). The maximum atomic E-state index is 10.9. The molecule has 0 radical (unpaired) electrons. The van der Waals surface area contributed by atoms with E-state index in [1.807, 2.05) is 6.07 Å². The molecule has 130 valence electrons. The van der Waals surface area contributed by atoms with Crippen LogP contribution in [0.1, 0.15) is 11.1 Å². The Labute approximate surface area is 164 Å². The predicted molar refractivity (Wildman–Crippen MR) is 107 cm³/mol. The van der Waals surface area contributed by atoms with Gasteiger partial charge in [0, 0.05) is 12.1 Å². The molecule has 7 heteroatoms. The molecule has 0 aromatic heterocycles. The molecule has 0 aliphatic heterocycles. The van der Waals surface area contributed by atoms with Crippen LogP contribution in [0.25, 0.3) is 11.6 Å². The summed E-state index contributed by atoms with van der Waals surface area (Å²) in [5.41, 5.74) is 1.38. The zero-order valence-electron chi connectivity index (χ0n) is 13.7. The summed E-state index contributed by atoms with van der Waals surface area (Å²) in [6.07, 6.45) is 6.85. The van der Waals surface area contributed by atoms with E-state index in [-0.39, 0.29) is 12.3 Å². The Kier molecular flexibility index (Phi) is 6.59. The first-order valence-electron chi connectivity index (χ1n) is 7.30. The van der Waals surface area contributed by atoms with E-state index in [0.717, 1.165) is 3.57 Å². The van der Waals surface area contributed by atoms with Gasteiger partial charge in [0.25, 0.3) is 5.69 Å². The molecule has 0 heterocycles. The molecule has 0 aliphatic carbocycles. The predicted octanol–water partition coefficient (Wildman–Crippen LogP) is 4.28. The Balaban J connectivity index is 2.48. The van der Waals surface area contributed by atoms with Gasteiger partial charge in [0.15, 0.2) is 11.5 Å². The molecular formula is C19H13IN2O4. The van der Waals surface area contributed by atoms with E-state index in [1.54, 1.807) is 24.3 Å². The van der Waals surface area contributed by atoms with Crippen molar-refractivity contribution in [2.75, 3.05) is 13.7 Å². The van der Waals surface area contributed by atoms with Gasteiger partial charge in [-0.2, -0.15) is 5.26 Å². The Morgan fingerprint density at radius 3 is 2.81 bits per heavy atom. The third kappa shape index (κ3) is 4.52. The van der Waals surface area contributed by atoms with E-state index in [1.165, 1.54) is 19.2 Å². The molecule has 0 saturated heterocycles. The van der Waals surface area contributed by atoms with Gasteiger partial charge in [-0.3, -0.25) is 10.1 Å². The van der Waals surface area contributed by atoms with Crippen molar-refractivity contribution >= 4 is 39.9 Å². The highest BCUT2D eigenvalue weighted by Gasteiger charge is 2.13. The quantitative estimate of drug-likeness (QED) is 0.160. The molecule has 0 unspecified atom stereocenters. The number of halogens is 1. The lowest BCUT2D eigenvalue weighted by atomic mass is 10.0. The molecule has 2 aromatic rings. The fourth-order valence-electron chi connectivity index (χ4n) is 2.21. The fourth-order valence-corrected chi connectivity index (χ4v) is 2.99. The Hall–Kier alpha value is -3.04. The summed E-state index contributed by atoms with van der Waals surface area (Å²) in [7, 11) is 1.51. The topological polar surface area (TPSA) is 85.4 Å². The summed E-state index contributed by atoms with van der Waals surface area (Å²) >= 11 is 2.09. The molecule has 0 amide bonds. The highest BCUT2D eigenvalue weighted by molar-refractivity contribution is 14.1. The number of ether oxygens (including phenoxy) is 2. The van der Waals surface area contributed by atoms with Crippen LogP contribution >= 0.6 is 22.6 Å². The molecular weight excluding hydrogens is 447 g/mol. The third-order valence-electron chi connectivity index (χ3n) is 3.35. The molecule has 0 atom stereocenters. The minimum Gasteiger partial charge on any atom is -0.493 e. The van der Waals surface area contributed by atoms with Crippen LogP contribution in [0.5, 0.6) is 11.5 Å². The van der Waals surface area contributed by atoms with E-state index in [0.29, 0.717) is 28.2 Å². The second-order valence-electron chi connectivity index (χ2n) is 5.00. The van der Waals surface area contributed by atoms with Crippen LogP contribution in [0.3, 0.4) is 0 Å². The van der Waals surface area contributed by atoms with E-state index < -0.39 is 4.92 Å². The van der Waals surface area contributed by atoms with Crippen molar-refractivity contribution in [3.05, 3.63) is 61.2 Å². The summed E-state index contributed by atoms with van der Waals surface area (Å²) < 4.78 is 11.6. The lowest BCUT2D eigenvalue weighted by Crippen LogP contribution is -1.99. The highest BCUT2D eigenvalue weighted by Crippen LogP contribution is 2.35. The number of nitriles is 1. The van der Waals surface area contributed by atoms with Crippen LogP contribution in [0.15, 0.2) is 36.4 Å². The lowest BCUT2D eigenvalue weighted by molar-refractivity contribution is -0.384. The van der Waals surface area contributed by atoms with E-state index in [4.69, 9.17) is 15.9 Å². The summed E-state index contributed by atoms with van der Waals surface area (Å²) in [6.45, 7) is 0.110. The van der Waals surface area contributed by atoms with Gasteiger partial charge in [0.2, 0.25) is 0 Å². The van der Waals surface area contributed by atoms with Crippen LogP contribution in [-0.2, 0) is 0 Å². The first-order chi connectivity index (χ1) is 12.5. The summed E-state index contributed by atoms with van der Waals surface area (Å²) in [5, 5.41) is 20.4. The van der Waals surface area contributed by atoms with Gasteiger partial charge in [-0.25, -0.2) is 0 Å². The van der Waals surface area contributed by atoms with Crippen molar-refractivity contribution in [1.82, 2.24) is 0 Å². The summed E-state index contributed by atoms with van der Waals surface area (Å²) in [5.74, 6) is 3.40. The molecule has 2 aromatic carbocycles. The Bertz CT molecular complexity index is 955. The lowest BCUT2D eigenvalue weighted by Gasteiger charge is -2.12. The van der Waals surface area contributed by atoms with Crippen LogP contribution in [-0.4, -0.2) is 18.6 Å². The van der Waals surface area contributed by atoms with Gasteiger partial charge in [-0.05, 0) is 51.9 Å². The van der Waals surface area contributed by atoms with E-state index >= 15 is 0 Å². The average Bonchev–Trinajstić information content (AvgIpc) is 2.64. The maximum Gasteiger partial charge on any atom is 0.270 e. The maximum absolute atomic E-state index is 10.9. The Morgan fingerprint density at radius 2 is 2.19 bits per heavy atom. The molecule has 0 saturated carbocycles. The number of benzene rings is 2. The average molecular weight is 460 g/mol. The molecule has 0 aliphatic rings. The smallest absolute Gasteiger partial charge is 0.270 e. The van der Waals surface area contributed by atoms with E-state index in [9.17, 15) is 15.4 Å². The van der Waals surface area contributed by atoms with Crippen molar-refractivity contribution in [1.29, 1.82) is 5.26 Å². The fraction of sp³-hybridized carbons (Fsp3) is 0.105. The van der Waals surface area contributed by atoms with Crippen molar-refractivity contribution in [3.8, 4) is 29.9 Å². The van der Waals surface area contributed by atoms with Crippen LogP contribution in [0.4, 0.5) is 5.69 Å². The molecule has 26 heavy (non-hydrogen) atoms.